The minimum absolute atomic E-state index is 0.0523. The van der Waals surface area contributed by atoms with E-state index >= 15 is 0 Å². The van der Waals surface area contributed by atoms with Crippen LogP contribution < -0.4 is 9.47 Å². The predicted molar refractivity (Wildman–Crippen MR) is 113 cm³/mol. The maximum Gasteiger partial charge on any atom is 0.260 e. The number of piperidine rings is 1. The van der Waals surface area contributed by atoms with Crippen molar-refractivity contribution >= 4 is 5.91 Å². The second-order valence-electron chi connectivity index (χ2n) is 7.61. The summed E-state index contributed by atoms with van der Waals surface area (Å²) in [4.78, 5) is 18.8. The highest BCUT2D eigenvalue weighted by Gasteiger charge is 2.28. The van der Waals surface area contributed by atoms with Crippen LogP contribution in [0.5, 0.6) is 11.5 Å². The van der Waals surface area contributed by atoms with E-state index in [1.54, 1.807) is 30.3 Å². The van der Waals surface area contributed by atoms with Crippen molar-refractivity contribution in [3.63, 3.8) is 0 Å². The first kappa shape index (κ1) is 20.9. The third-order valence-electron chi connectivity index (χ3n) is 5.39. The Morgan fingerprint density at radius 1 is 1.23 bits per heavy atom. The number of aromatic nitrogens is 1. The van der Waals surface area contributed by atoms with E-state index in [0.29, 0.717) is 31.2 Å². The number of rotatable bonds is 7. The number of nitrogens with zero attached hydrogens (tertiary/aromatic N) is 2. The molecular formula is C24H25FN2O4. The van der Waals surface area contributed by atoms with E-state index in [1.165, 1.54) is 12.1 Å². The molecule has 1 aromatic heterocycles. The highest BCUT2D eigenvalue weighted by atomic mass is 19.1. The van der Waals surface area contributed by atoms with Gasteiger partial charge in [-0.3, -0.25) is 4.79 Å². The first-order valence-electron chi connectivity index (χ1n) is 10.3. The molecule has 0 radical (unpaired) electrons. The van der Waals surface area contributed by atoms with Gasteiger partial charge in [0, 0.05) is 25.6 Å². The quantitative estimate of drug-likeness (QED) is 0.569. The predicted octanol–water partition coefficient (Wildman–Crippen LogP) is 4.20. The van der Waals surface area contributed by atoms with Crippen molar-refractivity contribution in [1.82, 2.24) is 9.88 Å². The summed E-state index contributed by atoms with van der Waals surface area (Å²) in [7, 11) is 1.64. The van der Waals surface area contributed by atoms with Crippen LogP contribution in [0.25, 0.3) is 0 Å². The average molecular weight is 424 g/mol. The lowest BCUT2D eigenvalue weighted by molar-refractivity contribution is -0.134. The van der Waals surface area contributed by atoms with Crippen molar-refractivity contribution in [1.29, 1.82) is 0 Å². The van der Waals surface area contributed by atoms with Gasteiger partial charge < -0.3 is 18.8 Å². The van der Waals surface area contributed by atoms with Crippen LogP contribution in [0.3, 0.4) is 0 Å². The van der Waals surface area contributed by atoms with Gasteiger partial charge in [-0.15, -0.1) is 0 Å². The number of ether oxygens (including phenoxy) is 2. The van der Waals surface area contributed by atoms with Gasteiger partial charge in [-0.05, 0) is 42.7 Å². The molecule has 1 atom stereocenters. The number of methoxy groups -OCH3 is 1. The van der Waals surface area contributed by atoms with Gasteiger partial charge in [-0.2, -0.15) is 0 Å². The zero-order valence-electron chi connectivity index (χ0n) is 17.4. The van der Waals surface area contributed by atoms with Gasteiger partial charge in [-0.1, -0.05) is 18.2 Å². The molecule has 0 saturated carbocycles. The topological polar surface area (TPSA) is 64.8 Å². The Morgan fingerprint density at radius 2 is 2.06 bits per heavy atom. The Labute approximate surface area is 180 Å². The molecule has 0 N–H and O–H groups in total. The van der Waals surface area contributed by atoms with Crippen LogP contribution in [0, 0.1) is 5.82 Å². The molecule has 1 saturated heterocycles. The van der Waals surface area contributed by atoms with Gasteiger partial charge in [0.25, 0.3) is 5.91 Å². The fourth-order valence-corrected chi connectivity index (χ4v) is 3.74. The molecule has 2 aromatic carbocycles. The number of halogens is 1. The number of hydrogen-bond donors (Lipinski definition) is 0. The van der Waals surface area contributed by atoms with Crippen molar-refractivity contribution in [3.8, 4) is 11.5 Å². The minimum atomic E-state index is -0.391. The van der Waals surface area contributed by atoms with Crippen LogP contribution in [-0.2, 0) is 11.2 Å². The monoisotopic (exact) mass is 424 g/mol. The Morgan fingerprint density at radius 3 is 2.84 bits per heavy atom. The zero-order chi connectivity index (χ0) is 21.6. The largest absolute Gasteiger partial charge is 0.497 e. The van der Waals surface area contributed by atoms with E-state index in [-0.39, 0.29) is 18.4 Å². The van der Waals surface area contributed by atoms with Gasteiger partial charge in [0.15, 0.2) is 12.5 Å². The maximum atomic E-state index is 13.3. The van der Waals surface area contributed by atoms with Crippen LogP contribution >= 0.6 is 0 Å². The third-order valence-corrected chi connectivity index (χ3v) is 5.39. The smallest absolute Gasteiger partial charge is 0.260 e. The molecule has 0 unspecified atom stereocenters. The number of amides is 1. The zero-order valence-corrected chi connectivity index (χ0v) is 17.4. The normalized spacial score (nSPS) is 16.2. The van der Waals surface area contributed by atoms with Gasteiger partial charge in [0.1, 0.15) is 23.1 Å². The summed E-state index contributed by atoms with van der Waals surface area (Å²) in [6.45, 7) is 1.08. The molecule has 1 amide bonds. The molecule has 1 fully saturated rings. The average Bonchev–Trinajstić information content (AvgIpc) is 3.27. The fraction of sp³-hybridized carbons (Fsp3) is 0.333. The van der Waals surface area contributed by atoms with Gasteiger partial charge in [0.05, 0.1) is 19.2 Å². The molecule has 2 heterocycles. The Kier molecular flexibility index (Phi) is 6.50. The summed E-state index contributed by atoms with van der Waals surface area (Å²) in [6.07, 6.45) is 4.19. The number of carbonyl (C=O) groups excluding carboxylic acids is 1. The molecule has 0 aliphatic carbocycles. The SMILES string of the molecule is COc1ccc(Cc2cnc([C@@H]3CCCN(C(=O)COc4cccc(F)c4)C3)o2)cc1. The molecule has 31 heavy (non-hydrogen) atoms. The number of benzene rings is 2. The Hall–Kier alpha value is -3.35. The van der Waals surface area contributed by atoms with Crippen LogP contribution in [-0.4, -0.2) is 42.6 Å². The first-order valence-corrected chi connectivity index (χ1v) is 10.3. The molecular weight excluding hydrogens is 399 g/mol. The lowest BCUT2D eigenvalue weighted by Crippen LogP contribution is -2.41. The highest BCUT2D eigenvalue weighted by molar-refractivity contribution is 5.78. The van der Waals surface area contributed by atoms with Crippen molar-refractivity contribution in [2.45, 2.75) is 25.2 Å². The van der Waals surface area contributed by atoms with E-state index in [4.69, 9.17) is 13.9 Å². The van der Waals surface area contributed by atoms with Crippen molar-refractivity contribution < 1.29 is 23.1 Å². The molecule has 1 aliphatic rings. The van der Waals surface area contributed by atoms with Crippen LogP contribution in [0.2, 0.25) is 0 Å². The van der Waals surface area contributed by atoms with Crippen molar-refractivity contribution in [3.05, 3.63) is 77.8 Å². The number of hydrogen-bond acceptors (Lipinski definition) is 5. The molecule has 3 aromatic rings. The lowest BCUT2D eigenvalue weighted by Gasteiger charge is -2.31. The third kappa shape index (κ3) is 5.42. The summed E-state index contributed by atoms with van der Waals surface area (Å²) in [5.74, 6) is 2.14. The summed E-state index contributed by atoms with van der Waals surface area (Å²) in [6, 6.07) is 13.6. The van der Waals surface area contributed by atoms with Crippen LogP contribution in [0.4, 0.5) is 4.39 Å². The molecule has 7 heteroatoms. The highest BCUT2D eigenvalue weighted by Crippen LogP contribution is 2.27. The second kappa shape index (κ2) is 9.64. The summed E-state index contributed by atoms with van der Waals surface area (Å²) in [5, 5.41) is 0. The van der Waals surface area contributed by atoms with E-state index in [2.05, 4.69) is 4.98 Å². The molecule has 0 spiro atoms. The van der Waals surface area contributed by atoms with Crippen molar-refractivity contribution in [2.24, 2.45) is 0 Å². The van der Waals surface area contributed by atoms with E-state index < -0.39 is 5.82 Å². The van der Waals surface area contributed by atoms with E-state index in [0.717, 1.165) is 29.9 Å². The fourth-order valence-electron chi connectivity index (χ4n) is 3.74. The maximum absolute atomic E-state index is 13.3. The summed E-state index contributed by atoms with van der Waals surface area (Å²) >= 11 is 0. The molecule has 4 rings (SSSR count). The first-order chi connectivity index (χ1) is 15.1. The standard InChI is InChI=1S/C24H25FN2O4/c1-29-20-9-7-17(8-10-20)12-22-14-26-24(31-22)18-4-3-11-27(15-18)23(28)16-30-21-6-2-5-19(25)13-21/h2,5-10,13-14,18H,3-4,11-12,15-16H2,1H3/t18-/m1/s1. The van der Waals surface area contributed by atoms with E-state index in [1.807, 2.05) is 24.3 Å². The summed E-state index contributed by atoms with van der Waals surface area (Å²) < 4.78 is 29.9. The van der Waals surface area contributed by atoms with E-state index in [9.17, 15) is 9.18 Å². The van der Waals surface area contributed by atoms with Gasteiger partial charge in [0.2, 0.25) is 0 Å². The molecule has 1 aliphatic heterocycles. The number of oxazole rings is 1. The molecule has 0 bridgehead atoms. The van der Waals surface area contributed by atoms with Crippen LogP contribution in [0.1, 0.15) is 36.0 Å². The van der Waals surface area contributed by atoms with Crippen molar-refractivity contribution in [2.75, 3.05) is 26.8 Å². The summed E-state index contributed by atoms with van der Waals surface area (Å²) in [5.41, 5.74) is 1.11. The Bertz CT molecular complexity index is 1020. The molecule has 162 valence electrons. The molecule has 6 nitrogen and oxygen atoms in total. The lowest BCUT2D eigenvalue weighted by atomic mass is 9.98. The van der Waals surface area contributed by atoms with Gasteiger partial charge >= 0.3 is 0 Å². The number of likely N-dealkylation sites (tertiary alicyclic amines) is 1. The second-order valence-corrected chi connectivity index (χ2v) is 7.61. The number of carbonyl (C=O) groups is 1. The minimum Gasteiger partial charge on any atom is -0.497 e. The van der Waals surface area contributed by atoms with Gasteiger partial charge in [-0.25, -0.2) is 9.37 Å². The Balaban J connectivity index is 1.33. The van der Waals surface area contributed by atoms with Crippen LogP contribution in [0.15, 0.2) is 59.1 Å².